The smallest absolute Gasteiger partial charge is 0.100 e. The molecule has 0 aromatic heterocycles. The van der Waals surface area contributed by atoms with Gasteiger partial charge in [-0.25, -0.2) is 0 Å². The topological polar surface area (TPSA) is 12.5 Å². The van der Waals surface area contributed by atoms with Gasteiger partial charge in [0.25, 0.3) is 0 Å². The van der Waals surface area contributed by atoms with Crippen molar-refractivity contribution in [2.45, 2.75) is 65.6 Å². The van der Waals surface area contributed by atoms with Gasteiger partial charge in [-0.15, -0.1) is 0 Å². The molecule has 0 N–H and O–H groups in total. The Morgan fingerprint density at radius 3 is 1.31 bits per heavy atom. The molecule has 0 spiro atoms. The third-order valence-corrected chi connectivity index (χ3v) is 5.23. The van der Waals surface area contributed by atoms with Crippen LogP contribution >= 0.6 is 0 Å². The van der Waals surface area contributed by atoms with Crippen LogP contribution in [0.5, 0.6) is 0 Å². The maximum Gasteiger partial charge on any atom is 0.100 e. The number of epoxide rings is 1. The zero-order valence-electron chi connectivity index (χ0n) is 9.82. The van der Waals surface area contributed by atoms with Crippen molar-refractivity contribution >= 4 is 0 Å². The minimum absolute atomic E-state index is 0.113. The first-order valence-corrected chi connectivity index (χ1v) is 5.37. The Hall–Kier alpha value is -0.0400. The standard InChI is InChI=1S/C12H22O/c1-9(2)7-8-10(3,4)12(6)11(9,5)13-12/h7-8H2,1-6H3. The van der Waals surface area contributed by atoms with E-state index < -0.39 is 0 Å². The van der Waals surface area contributed by atoms with Crippen LogP contribution in [0, 0.1) is 10.8 Å². The van der Waals surface area contributed by atoms with Gasteiger partial charge in [-0.3, -0.25) is 0 Å². The van der Waals surface area contributed by atoms with Crippen molar-refractivity contribution in [3.05, 3.63) is 0 Å². The highest BCUT2D eigenvalue weighted by Crippen LogP contribution is 2.70. The third kappa shape index (κ3) is 0.823. The van der Waals surface area contributed by atoms with Gasteiger partial charge < -0.3 is 4.74 Å². The molecule has 2 atom stereocenters. The number of hydrogen-bond donors (Lipinski definition) is 0. The van der Waals surface area contributed by atoms with Crippen molar-refractivity contribution in [1.29, 1.82) is 0 Å². The van der Waals surface area contributed by atoms with E-state index in [1.807, 2.05) is 0 Å². The molecule has 0 aromatic carbocycles. The second-order valence-corrected chi connectivity index (χ2v) is 6.44. The van der Waals surface area contributed by atoms with Crippen molar-refractivity contribution in [2.75, 3.05) is 0 Å². The van der Waals surface area contributed by atoms with Gasteiger partial charge in [0.2, 0.25) is 0 Å². The number of ether oxygens (including phenoxy) is 1. The fraction of sp³-hybridized carbons (Fsp3) is 1.00. The van der Waals surface area contributed by atoms with Crippen LogP contribution in [0.1, 0.15) is 54.4 Å². The molecular formula is C12H22O. The SMILES string of the molecule is CC1(C)CCC(C)(C)C2(C)OC12C. The van der Waals surface area contributed by atoms with Crippen molar-refractivity contribution in [3.63, 3.8) is 0 Å². The zero-order valence-corrected chi connectivity index (χ0v) is 9.82. The zero-order chi connectivity index (χ0) is 10.1. The molecule has 0 bridgehead atoms. The van der Waals surface area contributed by atoms with Crippen LogP contribution in [0.4, 0.5) is 0 Å². The summed E-state index contributed by atoms with van der Waals surface area (Å²) in [4.78, 5) is 0. The van der Waals surface area contributed by atoms with E-state index in [0.717, 1.165) is 0 Å². The molecule has 2 rings (SSSR count). The van der Waals surface area contributed by atoms with E-state index in [4.69, 9.17) is 4.74 Å². The maximum absolute atomic E-state index is 6.08. The molecule has 1 nitrogen and oxygen atoms in total. The lowest BCUT2D eigenvalue weighted by molar-refractivity contribution is 0.0881. The molecule has 0 aromatic rings. The van der Waals surface area contributed by atoms with E-state index in [9.17, 15) is 0 Å². The van der Waals surface area contributed by atoms with Crippen LogP contribution < -0.4 is 0 Å². The molecule has 1 saturated heterocycles. The van der Waals surface area contributed by atoms with Gasteiger partial charge in [-0.05, 0) is 37.5 Å². The van der Waals surface area contributed by atoms with E-state index >= 15 is 0 Å². The first-order valence-electron chi connectivity index (χ1n) is 5.37. The normalized spacial score (nSPS) is 51.2. The summed E-state index contributed by atoms with van der Waals surface area (Å²) in [7, 11) is 0. The predicted octanol–water partition coefficient (Wildman–Crippen LogP) is 3.38. The Bertz CT molecular complexity index is 228. The summed E-state index contributed by atoms with van der Waals surface area (Å²) < 4.78 is 6.08. The summed E-state index contributed by atoms with van der Waals surface area (Å²) in [5, 5.41) is 0. The van der Waals surface area contributed by atoms with Crippen LogP contribution in [0.15, 0.2) is 0 Å². The van der Waals surface area contributed by atoms with Gasteiger partial charge in [0, 0.05) is 0 Å². The Labute approximate surface area is 81.9 Å². The lowest BCUT2D eigenvalue weighted by Gasteiger charge is -2.44. The van der Waals surface area contributed by atoms with Crippen LogP contribution in [0.25, 0.3) is 0 Å². The second kappa shape index (κ2) is 1.98. The van der Waals surface area contributed by atoms with Crippen LogP contribution in [-0.2, 0) is 4.74 Å². The number of hydrogen-bond acceptors (Lipinski definition) is 1. The minimum atomic E-state index is 0.113. The lowest BCUT2D eigenvalue weighted by Crippen LogP contribution is -2.48. The summed E-state index contributed by atoms with van der Waals surface area (Å²) in [6.45, 7) is 13.9. The van der Waals surface area contributed by atoms with Crippen molar-refractivity contribution < 1.29 is 4.74 Å². The largest absolute Gasteiger partial charge is 0.362 e. The fourth-order valence-electron chi connectivity index (χ4n) is 3.05. The minimum Gasteiger partial charge on any atom is -0.362 e. The van der Waals surface area contributed by atoms with Gasteiger partial charge in [0.1, 0.15) is 11.2 Å². The Balaban J connectivity index is 2.39. The summed E-state index contributed by atoms with van der Waals surface area (Å²) >= 11 is 0. The van der Waals surface area contributed by atoms with E-state index in [1.165, 1.54) is 12.8 Å². The average Bonchev–Trinajstić information content (AvgIpc) is 2.54. The maximum atomic E-state index is 6.08. The van der Waals surface area contributed by atoms with E-state index in [1.54, 1.807) is 0 Å². The van der Waals surface area contributed by atoms with Crippen molar-refractivity contribution in [3.8, 4) is 0 Å². The average molecular weight is 182 g/mol. The Morgan fingerprint density at radius 2 is 1.00 bits per heavy atom. The van der Waals surface area contributed by atoms with Gasteiger partial charge in [-0.1, -0.05) is 27.7 Å². The summed E-state index contributed by atoms with van der Waals surface area (Å²) in [6, 6.07) is 0. The number of fused-ring (bicyclic) bond motifs is 1. The van der Waals surface area contributed by atoms with E-state index in [0.29, 0.717) is 10.8 Å². The molecule has 1 heterocycles. The molecule has 1 heteroatoms. The third-order valence-electron chi connectivity index (χ3n) is 5.23. The van der Waals surface area contributed by atoms with E-state index in [2.05, 4.69) is 41.5 Å². The Kier molecular flexibility index (Phi) is 1.45. The Morgan fingerprint density at radius 1 is 0.692 bits per heavy atom. The summed E-state index contributed by atoms with van der Waals surface area (Å²) in [6.07, 6.45) is 2.57. The van der Waals surface area contributed by atoms with Gasteiger partial charge in [0.05, 0.1) is 0 Å². The molecule has 1 saturated carbocycles. The molecule has 13 heavy (non-hydrogen) atoms. The molecular weight excluding hydrogens is 160 g/mol. The van der Waals surface area contributed by atoms with Crippen molar-refractivity contribution in [1.82, 2.24) is 0 Å². The highest BCUT2D eigenvalue weighted by atomic mass is 16.6. The molecule has 0 amide bonds. The van der Waals surface area contributed by atoms with Gasteiger partial charge in [-0.2, -0.15) is 0 Å². The lowest BCUT2D eigenvalue weighted by atomic mass is 9.56. The summed E-state index contributed by atoms with van der Waals surface area (Å²) in [5.74, 6) is 0. The second-order valence-electron chi connectivity index (χ2n) is 6.44. The molecule has 2 unspecified atom stereocenters. The molecule has 2 aliphatic rings. The number of rotatable bonds is 0. The highest BCUT2D eigenvalue weighted by Gasteiger charge is 2.77. The first kappa shape index (κ1) is 9.51. The van der Waals surface area contributed by atoms with E-state index in [-0.39, 0.29) is 11.2 Å². The van der Waals surface area contributed by atoms with Crippen LogP contribution in [0.3, 0.4) is 0 Å². The van der Waals surface area contributed by atoms with Crippen LogP contribution in [0.2, 0.25) is 0 Å². The van der Waals surface area contributed by atoms with Crippen LogP contribution in [-0.4, -0.2) is 11.2 Å². The molecule has 1 aliphatic heterocycles. The highest BCUT2D eigenvalue weighted by molar-refractivity contribution is 5.25. The van der Waals surface area contributed by atoms with Crippen molar-refractivity contribution in [2.24, 2.45) is 10.8 Å². The monoisotopic (exact) mass is 182 g/mol. The first-order chi connectivity index (χ1) is 5.66. The molecule has 1 aliphatic carbocycles. The summed E-state index contributed by atoms with van der Waals surface area (Å²) in [5.41, 5.74) is 0.915. The van der Waals surface area contributed by atoms with Gasteiger partial charge in [0.15, 0.2) is 0 Å². The van der Waals surface area contributed by atoms with Gasteiger partial charge >= 0.3 is 0 Å². The molecule has 2 fully saturated rings. The quantitative estimate of drug-likeness (QED) is 0.523. The fourth-order valence-corrected chi connectivity index (χ4v) is 3.05. The molecule has 76 valence electrons. The predicted molar refractivity (Wildman–Crippen MR) is 54.7 cm³/mol. The molecule has 0 radical (unpaired) electrons.